The number of aromatic nitrogens is 1. The highest BCUT2D eigenvalue weighted by Gasteiger charge is 2.20. The fourth-order valence-corrected chi connectivity index (χ4v) is 2.89. The first-order chi connectivity index (χ1) is 7.95. The summed E-state index contributed by atoms with van der Waals surface area (Å²) in [4.78, 5) is 9.47. The molecule has 17 heavy (non-hydrogen) atoms. The zero-order chi connectivity index (χ0) is 12.5. The number of thiazole rings is 1. The number of hydrogen-bond donors (Lipinski definition) is 1. The molecule has 1 aromatic heterocycles. The standard InChI is InChI=1S/C12H22N4S/c1-12(2,13)10-9-17-11(14-10)8-16-6-4-15(3)5-7-16/h9H,4-8,13H2,1-3H3. The zero-order valence-electron chi connectivity index (χ0n) is 10.9. The van der Waals surface area contributed by atoms with E-state index >= 15 is 0 Å². The van der Waals surface area contributed by atoms with Gasteiger partial charge in [-0.1, -0.05) is 0 Å². The molecule has 5 heteroatoms. The van der Waals surface area contributed by atoms with Crippen molar-refractivity contribution in [2.75, 3.05) is 33.2 Å². The summed E-state index contributed by atoms with van der Waals surface area (Å²) in [6, 6.07) is 0. The van der Waals surface area contributed by atoms with E-state index in [0.29, 0.717) is 0 Å². The van der Waals surface area contributed by atoms with Gasteiger partial charge in [-0.15, -0.1) is 11.3 Å². The van der Waals surface area contributed by atoms with Gasteiger partial charge in [-0.05, 0) is 20.9 Å². The van der Waals surface area contributed by atoms with E-state index < -0.39 is 0 Å². The molecule has 0 amide bonds. The van der Waals surface area contributed by atoms with Crippen molar-refractivity contribution in [3.8, 4) is 0 Å². The second kappa shape index (κ2) is 5.02. The third-order valence-electron chi connectivity index (χ3n) is 3.17. The van der Waals surface area contributed by atoms with Crippen LogP contribution in [-0.4, -0.2) is 48.0 Å². The Kier molecular flexibility index (Phi) is 3.82. The molecular formula is C12H22N4S. The van der Waals surface area contributed by atoms with Crippen molar-refractivity contribution in [3.05, 3.63) is 16.1 Å². The van der Waals surface area contributed by atoms with Crippen molar-refractivity contribution in [2.45, 2.75) is 25.9 Å². The second-order valence-electron chi connectivity index (χ2n) is 5.43. The van der Waals surface area contributed by atoms with Crippen LogP contribution < -0.4 is 5.73 Å². The van der Waals surface area contributed by atoms with E-state index in [4.69, 9.17) is 5.73 Å². The summed E-state index contributed by atoms with van der Waals surface area (Å²) < 4.78 is 0. The van der Waals surface area contributed by atoms with Gasteiger partial charge < -0.3 is 10.6 Å². The molecule has 0 bridgehead atoms. The molecule has 0 aliphatic carbocycles. The fraction of sp³-hybridized carbons (Fsp3) is 0.750. The first kappa shape index (κ1) is 13.0. The molecule has 1 aliphatic heterocycles. The van der Waals surface area contributed by atoms with Gasteiger partial charge in [0.05, 0.1) is 17.8 Å². The van der Waals surface area contributed by atoms with E-state index in [1.165, 1.54) is 5.01 Å². The summed E-state index contributed by atoms with van der Waals surface area (Å²) in [6.07, 6.45) is 0. The molecular weight excluding hydrogens is 232 g/mol. The minimum atomic E-state index is -0.323. The number of nitrogens with two attached hydrogens (primary N) is 1. The van der Waals surface area contributed by atoms with Gasteiger partial charge >= 0.3 is 0 Å². The Labute approximate surface area is 107 Å². The Hall–Kier alpha value is -0.490. The second-order valence-corrected chi connectivity index (χ2v) is 6.37. The Balaban J connectivity index is 1.93. The lowest BCUT2D eigenvalue weighted by Gasteiger charge is -2.31. The van der Waals surface area contributed by atoms with Crippen LogP contribution in [0.15, 0.2) is 5.38 Å². The van der Waals surface area contributed by atoms with Crippen LogP contribution in [0, 0.1) is 0 Å². The lowest BCUT2D eigenvalue weighted by molar-refractivity contribution is 0.148. The smallest absolute Gasteiger partial charge is 0.107 e. The van der Waals surface area contributed by atoms with Crippen LogP contribution in [0.4, 0.5) is 0 Å². The summed E-state index contributed by atoms with van der Waals surface area (Å²) >= 11 is 1.72. The monoisotopic (exact) mass is 254 g/mol. The van der Waals surface area contributed by atoms with Crippen molar-refractivity contribution in [2.24, 2.45) is 5.73 Å². The molecule has 96 valence electrons. The third-order valence-corrected chi connectivity index (χ3v) is 4.00. The summed E-state index contributed by atoms with van der Waals surface area (Å²) in [5.74, 6) is 0. The molecule has 0 spiro atoms. The molecule has 4 nitrogen and oxygen atoms in total. The Bertz CT molecular complexity index is 361. The van der Waals surface area contributed by atoms with Crippen LogP contribution in [-0.2, 0) is 12.1 Å². The van der Waals surface area contributed by atoms with Crippen molar-refractivity contribution < 1.29 is 0 Å². The predicted molar refractivity (Wildman–Crippen MR) is 72.1 cm³/mol. The molecule has 0 saturated carbocycles. The largest absolute Gasteiger partial charge is 0.321 e. The minimum Gasteiger partial charge on any atom is -0.321 e. The van der Waals surface area contributed by atoms with Gasteiger partial charge in [0.25, 0.3) is 0 Å². The highest BCUT2D eigenvalue weighted by molar-refractivity contribution is 7.09. The van der Waals surface area contributed by atoms with Crippen molar-refractivity contribution >= 4 is 11.3 Å². The Morgan fingerprint density at radius 1 is 1.35 bits per heavy atom. The molecule has 0 aromatic carbocycles. The van der Waals surface area contributed by atoms with Gasteiger partial charge in [0, 0.05) is 31.6 Å². The average Bonchev–Trinajstić information content (AvgIpc) is 2.69. The lowest BCUT2D eigenvalue weighted by atomic mass is 10.0. The molecule has 0 atom stereocenters. The number of rotatable bonds is 3. The SMILES string of the molecule is CN1CCN(Cc2nc(C(C)(C)N)cs2)CC1. The van der Waals surface area contributed by atoms with Crippen LogP contribution in [0.2, 0.25) is 0 Å². The van der Waals surface area contributed by atoms with Crippen molar-refractivity contribution in [3.63, 3.8) is 0 Å². The molecule has 2 heterocycles. The number of hydrogen-bond acceptors (Lipinski definition) is 5. The molecule has 1 fully saturated rings. The van der Waals surface area contributed by atoms with E-state index in [0.717, 1.165) is 38.4 Å². The molecule has 1 aromatic rings. The van der Waals surface area contributed by atoms with Gasteiger partial charge in [-0.2, -0.15) is 0 Å². The highest BCUT2D eigenvalue weighted by atomic mass is 32.1. The molecule has 2 N–H and O–H groups in total. The highest BCUT2D eigenvalue weighted by Crippen LogP contribution is 2.20. The number of nitrogens with zero attached hydrogens (tertiary/aromatic N) is 3. The van der Waals surface area contributed by atoms with Crippen LogP contribution in [0.25, 0.3) is 0 Å². The molecule has 1 saturated heterocycles. The molecule has 0 unspecified atom stereocenters. The summed E-state index contributed by atoms with van der Waals surface area (Å²) in [5.41, 5.74) is 6.73. The topological polar surface area (TPSA) is 45.4 Å². The molecule has 2 rings (SSSR count). The molecule has 0 radical (unpaired) electrons. The quantitative estimate of drug-likeness (QED) is 0.877. The Morgan fingerprint density at radius 2 is 2.00 bits per heavy atom. The Morgan fingerprint density at radius 3 is 2.53 bits per heavy atom. The summed E-state index contributed by atoms with van der Waals surface area (Å²) in [6.45, 7) is 9.55. The maximum atomic E-state index is 6.05. The first-order valence-electron chi connectivity index (χ1n) is 6.10. The van der Waals surface area contributed by atoms with Gasteiger partial charge in [-0.25, -0.2) is 4.98 Å². The van der Waals surface area contributed by atoms with Crippen LogP contribution in [0.5, 0.6) is 0 Å². The van der Waals surface area contributed by atoms with E-state index in [9.17, 15) is 0 Å². The van der Waals surface area contributed by atoms with E-state index in [-0.39, 0.29) is 5.54 Å². The minimum absolute atomic E-state index is 0.323. The summed E-state index contributed by atoms with van der Waals surface area (Å²) in [5, 5.41) is 3.27. The maximum Gasteiger partial charge on any atom is 0.107 e. The van der Waals surface area contributed by atoms with E-state index in [1.807, 2.05) is 13.8 Å². The van der Waals surface area contributed by atoms with Gasteiger partial charge in [0.15, 0.2) is 0 Å². The average molecular weight is 254 g/mol. The third kappa shape index (κ3) is 3.48. The van der Waals surface area contributed by atoms with Crippen molar-refractivity contribution in [1.82, 2.24) is 14.8 Å². The van der Waals surface area contributed by atoms with Gasteiger partial charge in [0.1, 0.15) is 5.01 Å². The normalized spacial score (nSPS) is 19.8. The first-order valence-corrected chi connectivity index (χ1v) is 6.98. The summed E-state index contributed by atoms with van der Waals surface area (Å²) in [7, 11) is 2.18. The van der Waals surface area contributed by atoms with Crippen LogP contribution >= 0.6 is 11.3 Å². The van der Waals surface area contributed by atoms with Gasteiger partial charge in [-0.3, -0.25) is 4.90 Å². The van der Waals surface area contributed by atoms with Crippen LogP contribution in [0.3, 0.4) is 0 Å². The van der Waals surface area contributed by atoms with Gasteiger partial charge in [0.2, 0.25) is 0 Å². The lowest BCUT2D eigenvalue weighted by Crippen LogP contribution is -2.43. The fourth-order valence-electron chi connectivity index (χ4n) is 1.88. The van der Waals surface area contributed by atoms with Crippen LogP contribution in [0.1, 0.15) is 24.5 Å². The number of piperazine rings is 1. The van der Waals surface area contributed by atoms with E-state index in [1.54, 1.807) is 11.3 Å². The van der Waals surface area contributed by atoms with E-state index in [2.05, 4.69) is 27.2 Å². The number of likely N-dealkylation sites (N-methyl/N-ethyl adjacent to an activating group) is 1. The molecule has 1 aliphatic rings. The zero-order valence-corrected chi connectivity index (χ0v) is 11.8. The predicted octanol–water partition coefficient (Wildman–Crippen LogP) is 1.08. The van der Waals surface area contributed by atoms with Crippen molar-refractivity contribution in [1.29, 1.82) is 0 Å². The maximum absolute atomic E-state index is 6.05.